The number of β-lactam (4-membered cyclic amide) rings is 1. The molecular weight excluding hydrogens is 771 g/mol. The number of rotatable bonds is 16. The van der Waals surface area contributed by atoms with Gasteiger partial charge >= 0.3 is 11.9 Å². The molecule has 4 atom stereocenters. The maximum Gasteiger partial charge on any atom is 0.352 e. The fourth-order valence-corrected chi connectivity index (χ4v) is 8.19. The number of carbonyl (C=O) groups excluding carboxylic acids is 6. The van der Waals surface area contributed by atoms with Crippen LogP contribution in [0.25, 0.3) is 11.3 Å². The van der Waals surface area contributed by atoms with Gasteiger partial charge in [-0.25, -0.2) is 9.69 Å². The van der Waals surface area contributed by atoms with Gasteiger partial charge < -0.3 is 36.5 Å². The van der Waals surface area contributed by atoms with Crippen LogP contribution >= 0.6 is 11.8 Å². The molecule has 5 rings (SSSR count). The van der Waals surface area contributed by atoms with Crippen molar-refractivity contribution in [2.45, 2.75) is 70.1 Å². The quantitative estimate of drug-likeness (QED) is 0.0786. The standard InChI is InChI=1S/C40H45N7O10S/c1-22(48)43-31(11-7-8-18-41)36(52)46(23(2)49)29-15-12-25(13-16-29)30-17-14-27(35(51)44-30)19-45(37(53)32(42)26-9-5-4-6-10-26)34-38(54)47-33(40(55)56)28(20-57-24(3)50)21-58-39(34)47/h4-6,9-10,12-17,31-32,34,39H,7-8,11,18-21,41-42H2,1-3H3,(H,43,48)(H,44,51)(H,55,56)/t31-,32?,34?,39-/m0/s1. The van der Waals surface area contributed by atoms with Crippen molar-refractivity contribution in [3.8, 4) is 11.3 Å². The number of ether oxygens (including phenoxy) is 1. The van der Waals surface area contributed by atoms with Gasteiger partial charge in [0.15, 0.2) is 0 Å². The average molecular weight is 816 g/mol. The predicted octanol–water partition coefficient (Wildman–Crippen LogP) is 1.77. The summed E-state index contributed by atoms with van der Waals surface area (Å²) in [5.41, 5.74) is 13.0. The first-order chi connectivity index (χ1) is 27.6. The summed E-state index contributed by atoms with van der Waals surface area (Å²) in [6, 6.07) is 14.5. The number of esters is 1. The predicted molar refractivity (Wildman–Crippen MR) is 213 cm³/mol. The van der Waals surface area contributed by atoms with Crippen molar-refractivity contribution in [1.29, 1.82) is 0 Å². The van der Waals surface area contributed by atoms with Crippen LogP contribution in [-0.4, -0.2) is 97.7 Å². The van der Waals surface area contributed by atoms with Gasteiger partial charge in [-0.2, -0.15) is 0 Å². The molecule has 5 amide bonds. The molecule has 0 spiro atoms. The van der Waals surface area contributed by atoms with Crippen LogP contribution in [-0.2, 0) is 44.8 Å². The van der Waals surface area contributed by atoms with Crippen LogP contribution in [0.3, 0.4) is 0 Å². The monoisotopic (exact) mass is 815 g/mol. The van der Waals surface area contributed by atoms with Crippen molar-refractivity contribution < 1.29 is 43.4 Å². The maximum absolute atomic E-state index is 14.1. The fraction of sp³-hybridized carbons (Fsp3) is 0.350. The number of fused-ring (bicyclic) bond motifs is 1. The number of nitrogens with two attached hydrogens (primary N) is 2. The van der Waals surface area contributed by atoms with Crippen molar-refractivity contribution in [2.75, 3.05) is 23.8 Å². The van der Waals surface area contributed by atoms with E-state index < -0.39 is 70.5 Å². The molecule has 7 N–H and O–H groups in total. The first kappa shape index (κ1) is 43.0. The third-order valence-corrected chi connectivity index (χ3v) is 11.0. The minimum absolute atomic E-state index is 0.101. The van der Waals surface area contributed by atoms with Crippen molar-refractivity contribution >= 4 is 58.9 Å². The molecule has 3 aromatic rings. The van der Waals surface area contributed by atoms with E-state index in [4.69, 9.17) is 16.2 Å². The Balaban J connectivity index is 1.41. The van der Waals surface area contributed by atoms with Crippen LogP contribution in [0.1, 0.15) is 57.2 Å². The van der Waals surface area contributed by atoms with Crippen molar-refractivity contribution in [3.63, 3.8) is 0 Å². The Morgan fingerprint density at radius 1 is 0.966 bits per heavy atom. The molecule has 0 aliphatic carbocycles. The first-order valence-corrected chi connectivity index (χ1v) is 19.5. The summed E-state index contributed by atoms with van der Waals surface area (Å²) in [7, 11) is 0. The Hall–Kier alpha value is -6.11. The highest BCUT2D eigenvalue weighted by Crippen LogP contribution is 2.43. The van der Waals surface area contributed by atoms with Gasteiger partial charge in [0.1, 0.15) is 35.8 Å². The number of anilines is 1. The number of aromatic nitrogens is 1. The molecule has 0 radical (unpaired) electrons. The Morgan fingerprint density at radius 2 is 1.66 bits per heavy atom. The number of hydrogen-bond acceptors (Lipinski definition) is 12. The van der Waals surface area contributed by atoms with Gasteiger partial charge in [0.2, 0.25) is 17.7 Å². The van der Waals surface area contributed by atoms with Crippen LogP contribution in [0.4, 0.5) is 5.69 Å². The molecule has 2 aliphatic heterocycles. The minimum Gasteiger partial charge on any atom is -0.477 e. The van der Waals surface area contributed by atoms with Crippen LogP contribution in [0, 0.1) is 0 Å². The third kappa shape index (κ3) is 9.53. The second-order valence-corrected chi connectivity index (χ2v) is 14.9. The summed E-state index contributed by atoms with van der Waals surface area (Å²) in [4.78, 5) is 110. The van der Waals surface area contributed by atoms with Crippen LogP contribution in [0.15, 0.2) is 82.8 Å². The number of pyridine rings is 1. The molecule has 17 nitrogen and oxygen atoms in total. The molecule has 1 fully saturated rings. The highest BCUT2D eigenvalue weighted by atomic mass is 32.2. The molecule has 2 aromatic carbocycles. The fourth-order valence-electron chi connectivity index (χ4n) is 6.80. The smallest absolute Gasteiger partial charge is 0.352 e. The molecule has 2 unspecified atom stereocenters. The van der Waals surface area contributed by atoms with Crippen LogP contribution < -0.4 is 27.2 Å². The summed E-state index contributed by atoms with van der Waals surface area (Å²) in [6.07, 6.45) is 1.48. The molecule has 1 aromatic heterocycles. The number of carboxylic acid groups (broad SMARTS) is 1. The normalized spacial score (nSPS) is 17.0. The number of nitrogens with zero attached hydrogens (tertiary/aromatic N) is 3. The molecule has 58 heavy (non-hydrogen) atoms. The number of carbonyl (C=O) groups is 7. The molecule has 3 heterocycles. The summed E-state index contributed by atoms with van der Waals surface area (Å²) in [6.45, 7) is 3.44. The summed E-state index contributed by atoms with van der Waals surface area (Å²) < 4.78 is 5.03. The van der Waals surface area contributed by atoms with Crippen molar-refractivity contribution in [3.05, 3.63) is 99.5 Å². The number of thioether (sulfide) groups is 1. The maximum atomic E-state index is 14.1. The van der Waals surface area contributed by atoms with Gasteiger partial charge in [-0.3, -0.25) is 38.5 Å². The van der Waals surface area contributed by atoms with E-state index in [2.05, 4.69) is 10.3 Å². The molecule has 0 bridgehead atoms. The van der Waals surface area contributed by atoms with E-state index in [9.17, 15) is 43.5 Å². The molecule has 18 heteroatoms. The number of aliphatic carboxylic acids is 1. The molecule has 1 saturated heterocycles. The lowest BCUT2D eigenvalue weighted by Gasteiger charge is -2.53. The second kappa shape index (κ2) is 18.9. The van der Waals surface area contributed by atoms with Crippen molar-refractivity contribution in [1.82, 2.24) is 20.1 Å². The Labute approximate surface area is 337 Å². The van der Waals surface area contributed by atoms with Gasteiger partial charge in [-0.05, 0) is 61.2 Å². The van der Waals surface area contributed by atoms with E-state index in [0.29, 0.717) is 36.2 Å². The van der Waals surface area contributed by atoms with E-state index in [1.54, 1.807) is 48.5 Å². The molecule has 306 valence electrons. The summed E-state index contributed by atoms with van der Waals surface area (Å²) in [5.74, 6) is -4.87. The number of carboxylic acids is 1. The minimum atomic E-state index is -1.40. The highest BCUT2D eigenvalue weighted by molar-refractivity contribution is 8.00. The lowest BCUT2D eigenvalue weighted by Crippen LogP contribution is -2.71. The summed E-state index contributed by atoms with van der Waals surface area (Å²) in [5, 5.41) is 11.8. The Bertz CT molecular complexity index is 2180. The third-order valence-electron chi connectivity index (χ3n) is 9.64. The largest absolute Gasteiger partial charge is 0.477 e. The molecule has 0 saturated carbocycles. The lowest BCUT2D eigenvalue weighted by molar-refractivity contribution is -0.161. The van der Waals surface area contributed by atoms with E-state index >= 15 is 0 Å². The number of imide groups is 1. The van der Waals surface area contributed by atoms with Gasteiger partial charge in [0.25, 0.3) is 17.4 Å². The Morgan fingerprint density at radius 3 is 2.24 bits per heavy atom. The van der Waals surface area contributed by atoms with Gasteiger partial charge in [0, 0.05) is 43.4 Å². The highest BCUT2D eigenvalue weighted by Gasteiger charge is 2.57. The van der Waals surface area contributed by atoms with Crippen molar-refractivity contribution in [2.24, 2.45) is 11.5 Å². The Kier molecular flexibility index (Phi) is 14.0. The molecular formula is C40H45N7O10S. The van der Waals surface area contributed by atoms with Gasteiger partial charge in [0.05, 0.1) is 12.2 Å². The van der Waals surface area contributed by atoms with E-state index in [1.165, 1.54) is 55.6 Å². The summed E-state index contributed by atoms with van der Waals surface area (Å²) >= 11 is 1.19. The number of unbranched alkanes of at least 4 members (excludes halogenated alkanes) is 1. The van der Waals surface area contributed by atoms with E-state index in [1.807, 2.05) is 0 Å². The zero-order valence-corrected chi connectivity index (χ0v) is 33.0. The lowest BCUT2D eigenvalue weighted by atomic mass is 9.98. The van der Waals surface area contributed by atoms with Gasteiger partial charge in [-0.15, -0.1) is 11.8 Å². The zero-order chi connectivity index (χ0) is 42.3. The number of hydrogen-bond donors (Lipinski definition) is 5. The number of amides is 5. The van der Waals surface area contributed by atoms with Crippen LogP contribution in [0.5, 0.6) is 0 Å². The first-order valence-electron chi connectivity index (χ1n) is 18.4. The van der Waals surface area contributed by atoms with Crippen LogP contribution in [0.2, 0.25) is 0 Å². The zero-order valence-electron chi connectivity index (χ0n) is 32.1. The number of H-pyrrole nitrogens is 1. The number of nitrogens with one attached hydrogen (secondary N) is 2. The average Bonchev–Trinajstić information content (AvgIpc) is 3.19. The number of benzene rings is 2. The van der Waals surface area contributed by atoms with Gasteiger partial charge in [-0.1, -0.05) is 42.5 Å². The SMILES string of the molecule is CC(=O)N[C@@H](CCCCN)C(=O)N(C(C)=O)c1ccc(-c2ccc(CN(C(=O)C(N)c3ccccc3)C3C(=O)N4C(C(=O)O)=C(COC(C)=O)CS[C@@H]34)c(=O)[nH]2)cc1. The topological polar surface area (TPSA) is 256 Å². The molecule has 2 aliphatic rings. The van der Waals surface area contributed by atoms with E-state index in [-0.39, 0.29) is 47.8 Å². The number of aromatic amines is 1. The van der Waals surface area contributed by atoms with E-state index in [0.717, 1.165) is 9.80 Å². The second-order valence-electron chi connectivity index (χ2n) is 13.8.